The molecule has 132 valence electrons. The van der Waals surface area contributed by atoms with Crippen LogP contribution in [0.15, 0.2) is 84.0 Å². The van der Waals surface area contributed by atoms with Crippen molar-refractivity contribution in [1.29, 1.82) is 0 Å². The normalized spacial score (nSPS) is 14.2. The second kappa shape index (κ2) is 8.34. The van der Waals surface area contributed by atoms with Gasteiger partial charge >= 0.3 is 5.97 Å². The molecule has 0 spiro atoms. The maximum Gasteiger partial charge on any atom is 0.330 e. The molecule has 0 bridgehead atoms. The summed E-state index contributed by atoms with van der Waals surface area (Å²) in [6.45, 7) is 4.54. The fourth-order valence-corrected chi connectivity index (χ4v) is 2.93. The van der Waals surface area contributed by atoms with Crippen LogP contribution < -0.4 is 4.74 Å². The van der Waals surface area contributed by atoms with Gasteiger partial charge in [0.25, 0.3) is 0 Å². The minimum Gasteiger partial charge on any atom is -0.488 e. The second-order valence-electron chi connectivity index (χ2n) is 6.02. The number of carbonyl (C=O) groups excluding carboxylic acids is 1. The van der Waals surface area contributed by atoms with Gasteiger partial charge in [-0.15, -0.1) is 0 Å². The lowest BCUT2D eigenvalue weighted by Gasteiger charge is -2.23. The summed E-state index contributed by atoms with van der Waals surface area (Å²) in [5.74, 6) is 0.569. The van der Waals surface area contributed by atoms with Crippen LogP contribution >= 0.6 is 0 Å². The summed E-state index contributed by atoms with van der Waals surface area (Å²) in [5, 5.41) is 0. The fourth-order valence-electron chi connectivity index (χ4n) is 2.93. The summed E-state index contributed by atoms with van der Waals surface area (Å²) in [7, 11) is 0. The molecular weight excluding hydrogens is 324 g/mol. The number of carbonyl (C=O) groups is 1. The molecule has 0 saturated carbocycles. The predicted molar refractivity (Wildman–Crippen MR) is 104 cm³/mol. The van der Waals surface area contributed by atoms with Gasteiger partial charge in [-0.1, -0.05) is 60.7 Å². The van der Waals surface area contributed by atoms with Gasteiger partial charge in [-0.2, -0.15) is 0 Å². The third kappa shape index (κ3) is 4.12. The number of hydrogen-bond donors (Lipinski definition) is 0. The number of benzene rings is 2. The standard InChI is InChI=1S/C23H22O3/c1-3-25-22(24)15-17(2)13-14-19-16-26-21-12-8-7-11-20(21)23(19)18-9-5-4-6-10-18/h4-15H,3,16H2,1-2H3/b14-13+,17-15+. The monoisotopic (exact) mass is 346 g/mol. The maximum absolute atomic E-state index is 11.6. The molecule has 0 saturated heterocycles. The van der Waals surface area contributed by atoms with Gasteiger partial charge in [0.1, 0.15) is 12.4 Å². The highest BCUT2D eigenvalue weighted by atomic mass is 16.5. The molecule has 3 heteroatoms. The first-order valence-electron chi connectivity index (χ1n) is 8.73. The molecule has 1 aliphatic heterocycles. The van der Waals surface area contributed by atoms with Crippen LogP contribution in [0.5, 0.6) is 5.75 Å². The van der Waals surface area contributed by atoms with E-state index in [1.54, 1.807) is 6.92 Å². The van der Waals surface area contributed by atoms with Gasteiger partial charge in [0, 0.05) is 11.6 Å². The van der Waals surface area contributed by atoms with Gasteiger partial charge in [-0.05, 0) is 42.2 Å². The van der Waals surface area contributed by atoms with Crippen LogP contribution in [-0.4, -0.2) is 19.2 Å². The van der Waals surface area contributed by atoms with Gasteiger partial charge in [-0.3, -0.25) is 0 Å². The Balaban J connectivity index is 2.00. The topological polar surface area (TPSA) is 35.5 Å². The summed E-state index contributed by atoms with van der Waals surface area (Å²) in [4.78, 5) is 11.6. The van der Waals surface area contributed by atoms with Crippen molar-refractivity contribution >= 4 is 11.5 Å². The molecule has 2 aromatic carbocycles. The Morgan fingerprint density at radius 3 is 2.62 bits per heavy atom. The molecule has 0 aliphatic carbocycles. The number of allylic oxidation sites excluding steroid dienone is 2. The predicted octanol–water partition coefficient (Wildman–Crippen LogP) is 4.95. The van der Waals surface area contributed by atoms with Gasteiger partial charge in [0.15, 0.2) is 0 Å². The van der Waals surface area contributed by atoms with E-state index in [0.717, 1.165) is 33.6 Å². The van der Waals surface area contributed by atoms with E-state index < -0.39 is 0 Å². The number of para-hydroxylation sites is 1. The molecule has 0 amide bonds. The van der Waals surface area contributed by atoms with Crippen LogP contribution in [-0.2, 0) is 9.53 Å². The second-order valence-corrected chi connectivity index (χ2v) is 6.02. The Morgan fingerprint density at radius 2 is 1.85 bits per heavy atom. The van der Waals surface area contributed by atoms with Gasteiger partial charge < -0.3 is 9.47 Å². The van der Waals surface area contributed by atoms with E-state index in [4.69, 9.17) is 9.47 Å². The van der Waals surface area contributed by atoms with Crippen molar-refractivity contribution in [3.8, 4) is 5.75 Å². The first-order valence-corrected chi connectivity index (χ1v) is 8.73. The Labute approximate surface area is 154 Å². The molecule has 0 fully saturated rings. The van der Waals surface area contributed by atoms with Crippen molar-refractivity contribution in [3.05, 3.63) is 95.1 Å². The minimum atomic E-state index is -0.322. The fraction of sp³-hybridized carbons (Fsp3) is 0.174. The zero-order chi connectivity index (χ0) is 18.4. The quantitative estimate of drug-likeness (QED) is 0.437. The summed E-state index contributed by atoms with van der Waals surface area (Å²) >= 11 is 0. The highest BCUT2D eigenvalue weighted by molar-refractivity contribution is 5.87. The number of hydrogen-bond acceptors (Lipinski definition) is 3. The van der Waals surface area contributed by atoms with E-state index in [2.05, 4.69) is 18.2 Å². The average molecular weight is 346 g/mol. The number of rotatable bonds is 5. The summed E-state index contributed by atoms with van der Waals surface area (Å²) in [6, 6.07) is 18.4. The summed E-state index contributed by atoms with van der Waals surface area (Å²) < 4.78 is 10.9. The van der Waals surface area contributed by atoms with Crippen LogP contribution in [0.2, 0.25) is 0 Å². The molecule has 0 aromatic heterocycles. The lowest BCUT2D eigenvalue weighted by Crippen LogP contribution is -2.11. The zero-order valence-corrected chi connectivity index (χ0v) is 15.1. The van der Waals surface area contributed by atoms with Gasteiger partial charge in [0.05, 0.1) is 6.61 Å². The molecule has 0 unspecified atom stereocenters. The van der Waals surface area contributed by atoms with Crippen molar-refractivity contribution in [3.63, 3.8) is 0 Å². The lowest BCUT2D eigenvalue weighted by molar-refractivity contribution is -0.137. The van der Waals surface area contributed by atoms with E-state index in [1.807, 2.05) is 55.5 Å². The molecule has 1 heterocycles. The summed E-state index contributed by atoms with van der Waals surface area (Å²) in [6.07, 6.45) is 5.44. The molecule has 3 nitrogen and oxygen atoms in total. The molecule has 0 atom stereocenters. The molecule has 3 rings (SSSR count). The van der Waals surface area contributed by atoms with Crippen LogP contribution in [0.3, 0.4) is 0 Å². The molecule has 1 aliphatic rings. The van der Waals surface area contributed by atoms with Crippen LogP contribution in [0.4, 0.5) is 0 Å². The molecule has 2 aromatic rings. The first-order chi connectivity index (χ1) is 12.7. The van der Waals surface area contributed by atoms with Crippen LogP contribution in [0, 0.1) is 0 Å². The van der Waals surface area contributed by atoms with Crippen LogP contribution in [0.1, 0.15) is 25.0 Å². The highest BCUT2D eigenvalue weighted by Crippen LogP contribution is 2.37. The highest BCUT2D eigenvalue weighted by Gasteiger charge is 2.19. The van der Waals surface area contributed by atoms with Crippen molar-refractivity contribution in [2.75, 3.05) is 13.2 Å². The van der Waals surface area contributed by atoms with Crippen molar-refractivity contribution in [1.82, 2.24) is 0 Å². The van der Waals surface area contributed by atoms with E-state index >= 15 is 0 Å². The maximum atomic E-state index is 11.6. The SMILES string of the molecule is CCOC(=O)/C=C(C)/C=C/C1=C(c2ccccc2)c2ccccc2OC1. The Kier molecular flexibility index (Phi) is 5.69. The van der Waals surface area contributed by atoms with Gasteiger partial charge in [0.2, 0.25) is 0 Å². The van der Waals surface area contributed by atoms with E-state index in [0.29, 0.717) is 13.2 Å². The average Bonchev–Trinajstić information content (AvgIpc) is 2.66. The Morgan fingerprint density at radius 1 is 1.12 bits per heavy atom. The number of esters is 1. The smallest absolute Gasteiger partial charge is 0.330 e. The van der Waals surface area contributed by atoms with Crippen molar-refractivity contribution in [2.45, 2.75) is 13.8 Å². The van der Waals surface area contributed by atoms with Crippen LogP contribution in [0.25, 0.3) is 5.57 Å². The molecule has 26 heavy (non-hydrogen) atoms. The van der Waals surface area contributed by atoms with Gasteiger partial charge in [-0.25, -0.2) is 4.79 Å². The first kappa shape index (κ1) is 17.7. The zero-order valence-electron chi connectivity index (χ0n) is 15.1. The van der Waals surface area contributed by atoms with Crippen molar-refractivity contribution in [2.24, 2.45) is 0 Å². The Hall–Kier alpha value is -3.07. The van der Waals surface area contributed by atoms with Crippen molar-refractivity contribution < 1.29 is 14.3 Å². The number of fused-ring (bicyclic) bond motifs is 1. The molecular formula is C23H22O3. The lowest BCUT2D eigenvalue weighted by atomic mass is 9.90. The number of ether oxygens (including phenoxy) is 2. The molecule has 0 N–H and O–H groups in total. The van der Waals surface area contributed by atoms with E-state index in [1.165, 1.54) is 6.08 Å². The minimum absolute atomic E-state index is 0.322. The van der Waals surface area contributed by atoms with E-state index in [9.17, 15) is 4.79 Å². The summed E-state index contributed by atoms with van der Waals surface area (Å²) in [5.41, 5.74) is 5.30. The molecule has 0 radical (unpaired) electrons. The Bertz CT molecular complexity index is 873. The van der Waals surface area contributed by atoms with E-state index in [-0.39, 0.29) is 5.97 Å². The third-order valence-corrected chi connectivity index (χ3v) is 4.10. The largest absolute Gasteiger partial charge is 0.488 e. The third-order valence-electron chi connectivity index (χ3n) is 4.10.